The summed E-state index contributed by atoms with van der Waals surface area (Å²) in [5, 5.41) is 0.126. The minimum absolute atomic E-state index is 0.00359. The van der Waals surface area contributed by atoms with Gasteiger partial charge in [-0.1, -0.05) is 0 Å². The summed E-state index contributed by atoms with van der Waals surface area (Å²) < 4.78 is 28.0. The van der Waals surface area contributed by atoms with Crippen LogP contribution in [-0.2, 0) is 23.1 Å². The zero-order valence-corrected chi connectivity index (χ0v) is 13.6. The number of fused-ring (bicyclic) bond motifs is 1. The molecule has 2 aliphatic rings. The zero-order chi connectivity index (χ0) is 13.6. The number of β-lactam (4-membered cyclic amide) rings is 1. The molecule has 0 saturated carbocycles. The van der Waals surface area contributed by atoms with E-state index in [9.17, 15) is 9.36 Å². The first-order valence-electron chi connectivity index (χ1n) is 5.72. The first-order valence-corrected chi connectivity index (χ1v) is 11.8. The van der Waals surface area contributed by atoms with Crippen molar-refractivity contribution in [2.24, 2.45) is 0 Å². The molecule has 2 fully saturated rings. The van der Waals surface area contributed by atoms with Gasteiger partial charge in [0.25, 0.3) is 0 Å². The van der Waals surface area contributed by atoms with Gasteiger partial charge in [0.1, 0.15) is 5.78 Å². The number of carbonyl (C=O) groups is 1. The molecule has 0 bridgehead atoms. The lowest BCUT2D eigenvalue weighted by molar-refractivity contribution is -0.146. The molecule has 18 heavy (non-hydrogen) atoms. The molecule has 0 aliphatic carbocycles. The van der Waals surface area contributed by atoms with Gasteiger partial charge < -0.3 is 9.42 Å². The molecule has 0 aromatic heterocycles. The van der Waals surface area contributed by atoms with Crippen LogP contribution in [0.25, 0.3) is 0 Å². The predicted molar refractivity (Wildman–Crippen MR) is 71.6 cm³/mol. The van der Waals surface area contributed by atoms with Crippen molar-refractivity contribution >= 4 is 33.6 Å². The Hall–Kier alpha value is 0.147. The summed E-state index contributed by atoms with van der Waals surface area (Å²) in [5.41, 5.74) is 0. The lowest BCUT2D eigenvalue weighted by atomic mass is 10.2. The standard InChI is InChI=1S/C9H18NO5PSSi/c1-13-16(12,14-15-18(2,3)4)8-6-17-9-5-7(11)10(8)9/h8-9H,5-6H2,1-4H3/t8?,9-,16?/m1/s1. The Bertz CT molecular complexity index is 401. The molecule has 0 N–H and O–H groups in total. The predicted octanol–water partition coefficient (Wildman–Crippen LogP) is 2.24. The van der Waals surface area contributed by atoms with E-state index in [4.69, 9.17) is 13.8 Å². The van der Waals surface area contributed by atoms with Crippen LogP contribution >= 0.6 is 19.4 Å². The molecule has 2 unspecified atom stereocenters. The van der Waals surface area contributed by atoms with Crippen molar-refractivity contribution in [3.05, 3.63) is 0 Å². The van der Waals surface area contributed by atoms with Gasteiger partial charge in [-0.3, -0.25) is 13.9 Å². The van der Waals surface area contributed by atoms with Crippen LogP contribution < -0.4 is 0 Å². The third-order valence-corrected chi connectivity index (χ3v) is 6.93. The second kappa shape index (κ2) is 4.92. The number of nitrogens with zero attached hydrogens (tertiary/aromatic N) is 1. The number of rotatable bonds is 5. The van der Waals surface area contributed by atoms with E-state index in [0.29, 0.717) is 12.2 Å². The van der Waals surface area contributed by atoms with Crippen molar-refractivity contribution in [2.45, 2.75) is 37.2 Å². The minimum atomic E-state index is -3.43. The molecule has 6 nitrogen and oxygen atoms in total. The van der Waals surface area contributed by atoms with Crippen LogP contribution in [0.4, 0.5) is 0 Å². The number of hydrogen-bond acceptors (Lipinski definition) is 6. The lowest BCUT2D eigenvalue weighted by Gasteiger charge is -2.39. The van der Waals surface area contributed by atoms with E-state index in [1.54, 1.807) is 16.7 Å². The maximum Gasteiger partial charge on any atom is 0.379 e. The molecule has 1 amide bonds. The Morgan fingerprint density at radius 3 is 2.61 bits per heavy atom. The Morgan fingerprint density at radius 1 is 1.44 bits per heavy atom. The van der Waals surface area contributed by atoms with Crippen LogP contribution in [0.1, 0.15) is 6.42 Å². The van der Waals surface area contributed by atoms with Crippen LogP contribution in [0.2, 0.25) is 19.6 Å². The molecule has 2 rings (SSSR count). The minimum Gasteiger partial charge on any atom is -0.314 e. The van der Waals surface area contributed by atoms with Gasteiger partial charge in [0, 0.05) is 12.9 Å². The third-order valence-electron chi connectivity index (χ3n) is 2.72. The quantitative estimate of drug-likeness (QED) is 0.255. The summed E-state index contributed by atoms with van der Waals surface area (Å²) in [5.74, 6) is 0.0512. The van der Waals surface area contributed by atoms with Crippen LogP contribution in [0, 0.1) is 0 Å². The molecular formula is C9H18NO5PSSi. The average molecular weight is 311 g/mol. The Labute approximate surface area is 112 Å². The molecule has 2 saturated heterocycles. The van der Waals surface area contributed by atoms with Crippen LogP contribution in [0.3, 0.4) is 0 Å². The van der Waals surface area contributed by atoms with Crippen molar-refractivity contribution in [3.63, 3.8) is 0 Å². The van der Waals surface area contributed by atoms with Crippen molar-refractivity contribution in [1.82, 2.24) is 4.90 Å². The molecule has 0 aromatic rings. The van der Waals surface area contributed by atoms with Crippen LogP contribution in [-0.4, -0.2) is 43.1 Å². The highest BCUT2D eigenvalue weighted by molar-refractivity contribution is 8.00. The van der Waals surface area contributed by atoms with Gasteiger partial charge >= 0.3 is 7.60 Å². The zero-order valence-electron chi connectivity index (χ0n) is 10.9. The van der Waals surface area contributed by atoms with Crippen molar-refractivity contribution in [2.75, 3.05) is 12.9 Å². The second-order valence-corrected chi connectivity index (χ2v) is 13.1. The molecule has 9 heteroatoms. The molecule has 0 aromatic carbocycles. The summed E-state index contributed by atoms with van der Waals surface area (Å²) in [6, 6.07) is 0. The first kappa shape index (κ1) is 14.6. The first-order chi connectivity index (χ1) is 8.27. The molecule has 2 heterocycles. The van der Waals surface area contributed by atoms with Crippen molar-refractivity contribution < 1.29 is 23.1 Å². The molecule has 0 spiro atoms. The summed E-state index contributed by atoms with van der Waals surface area (Å²) in [7, 11) is -4.05. The largest absolute Gasteiger partial charge is 0.379 e. The molecule has 0 radical (unpaired) electrons. The van der Waals surface area contributed by atoms with Gasteiger partial charge in [-0.05, 0) is 19.6 Å². The molecule has 104 valence electrons. The molecule has 2 aliphatic heterocycles. The molecular weight excluding hydrogens is 293 g/mol. The number of amides is 1. The van der Waals surface area contributed by atoms with Crippen molar-refractivity contribution in [1.29, 1.82) is 0 Å². The second-order valence-electron chi connectivity index (χ2n) is 5.27. The number of thioether (sulfide) groups is 1. The fourth-order valence-electron chi connectivity index (χ4n) is 1.79. The van der Waals surface area contributed by atoms with Gasteiger partial charge in [-0.2, -0.15) is 4.67 Å². The maximum atomic E-state index is 12.6. The van der Waals surface area contributed by atoms with Crippen molar-refractivity contribution in [3.8, 4) is 0 Å². The summed E-state index contributed by atoms with van der Waals surface area (Å²) in [6.07, 6.45) is 0.514. The van der Waals surface area contributed by atoms with E-state index >= 15 is 0 Å². The van der Waals surface area contributed by atoms with Crippen LogP contribution in [0.15, 0.2) is 0 Å². The van der Waals surface area contributed by atoms with E-state index in [1.807, 2.05) is 19.6 Å². The normalized spacial score (nSPS) is 30.9. The van der Waals surface area contributed by atoms with E-state index in [1.165, 1.54) is 7.11 Å². The Morgan fingerprint density at radius 2 is 2.11 bits per heavy atom. The highest BCUT2D eigenvalue weighted by atomic mass is 32.2. The van der Waals surface area contributed by atoms with Gasteiger partial charge in [0.05, 0.1) is 11.8 Å². The van der Waals surface area contributed by atoms with Gasteiger partial charge in [0.15, 0.2) is 0 Å². The van der Waals surface area contributed by atoms with E-state index in [2.05, 4.69) is 0 Å². The van der Waals surface area contributed by atoms with E-state index in [0.717, 1.165) is 0 Å². The smallest absolute Gasteiger partial charge is 0.314 e. The van der Waals surface area contributed by atoms with Gasteiger partial charge in [0.2, 0.25) is 14.2 Å². The van der Waals surface area contributed by atoms with Gasteiger partial charge in [-0.25, -0.2) is 0 Å². The topological polar surface area (TPSA) is 65.1 Å². The molecule has 3 atom stereocenters. The Balaban J connectivity index is 2.08. The number of hydrogen-bond donors (Lipinski definition) is 0. The summed E-state index contributed by atoms with van der Waals surface area (Å²) in [4.78, 5) is 13.1. The fourth-order valence-corrected chi connectivity index (χ4v) is 6.41. The average Bonchev–Trinajstić information content (AvgIpc) is 2.62. The lowest BCUT2D eigenvalue weighted by Crippen LogP contribution is -2.51. The highest BCUT2D eigenvalue weighted by Gasteiger charge is 2.55. The fraction of sp³-hybridized carbons (Fsp3) is 0.889. The van der Waals surface area contributed by atoms with Crippen LogP contribution in [0.5, 0.6) is 0 Å². The third kappa shape index (κ3) is 2.68. The van der Waals surface area contributed by atoms with Gasteiger partial charge in [-0.15, -0.1) is 11.8 Å². The number of carbonyl (C=O) groups excluding carboxylic acids is 1. The van der Waals surface area contributed by atoms with E-state index in [-0.39, 0.29) is 11.3 Å². The Kier molecular flexibility index (Phi) is 3.98. The monoisotopic (exact) mass is 311 g/mol. The maximum absolute atomic E-state index is 12.6. The summed E-state index contributed by atoms with van der Waals surface area (Å²) in [6.45, 7) is 5.77. The highest BCUT2D eigenvalue weighted by Crippen LogP contribution is 2.60. The SMILES string of the molecule is COP(=O)(OO[Si](C)(C)C)C1CS[C@@H]2CC(=O)N12. The summed E-state index contributed by atoms with van der Waals surface area (Å²) >= 11 is 1.61. The van der Waals surface area contributed by atoms with E-state index < -0.39 is 21.7 Å².